The fourth-order valence-corrected chi connectivity index (χ4v) is 2.64. The van der Waals surface area contributed by atoms with Crippen LogP contribution in [-0.4, -0.2) is 18.6 Å². The summed E-state index contributed by atoms with van der Waals surface area (Å²) in [6.45, 7) is 2.65. The molecule has 0 amide bonds. The summed E-state index contributed by atoms with van der Waals surface area (Å²) in [6, 6.07) is 10.5. The van der Waals surface area contributed by atoms with Gasteiger partial charge in [0.25, 0.3) is 0 Å². The quantitative estimate of drug-likeness (QED) is 0.940. The van der Waals surface area contributed by atoms with Gasteiger partial charge in [-0.05, 0) is 46.1 Å². The smallest absolute Gasteiger partial charge is 0.0677 e. The molecule has 100 valence electrons. The Kier molecular flexibility index (Phi) is 4.56. The van der Waals surface area contributed by atoms with E-state index in [1.807, 2.05) is 18.3 Å². The van der Waals surface area contributed by atoms with Gasteiger partial charge in [0.15, 0.2) is 0 Å². The van der Waals surface area contributed by atoms with E-state index in [0.29, 0.717) is 6.54 Å². The minimum absolute atomic E-state index is 0.117. The van der Waals surface area contributed by atoms with Crippen LogP contribution in [0.1, 0.15) is 17.2 Å². The number of anilines is 1. The monoisotopic (exact) mass is 319 g/mol. The van der Waals surface area contributed by atoms with E-state index in [9.17, 15) is 0 Å². The van der Waals surface area contributed by atoms with Crippen molar-refractivity contribution < 1.29 is 0 Å². The number of para-hydroxylation sites is 1. The lowest BCUT2D eigenvalue weighted by Gasteiger charge is -2.30. The van der Waals surface area contributed by atoms with Gasteiger partial charge < -0.3 is 10.6 Å². The minimum atomic E-state index is 0.117. The molecule has 0 saturated carbocycles. The molecule has 0 radical (unpaired) electrons. The predicted octanol–water partition coefficient (Wildman–Crippen LogP) is 3.29. The van der Waals surface area contributed by atoms with Crippen LogP contribution in [0.5, 0.6) is 0 Å². The Morgan fingerprint density at radius 2 is 2.05 bits per heavy atom. The maximum atomic E-state index is 5.96. The van der Waals surface area contributed by atoms with Crippen molar-refractivity contribution in [2.45, 2.75) is 13.0 Å². The molecule has 2 N–H and O–H groups in total. The molecule has 1 aromatic carbocycles. The van der Waals surface area contributed by atoms with Gasteiger partial charge in [-0.2, -0.15) is 0 Å². The number of hydrogen-bond acceptors (Lipinski definition) is 3. The van der Waals surface area contributed by atoms with E-state index in [1.165, 1.54) is 11.3 Å². The van der Waals surface area contributed by atoms with Crippen molar-refractivity contribution in [3.05, 3.63) is 58.3 Å². The number of aromatic nitrogens is 1. The molecule has 0 saturated heterocycles. The Balaban J connectivity index is 2.35. The molecule has 0 aliphatic rings. The van der Waals surface area contributed by atoms with E-state index in [2.05, 4.69) is 58.0 Å². The van der Waals surface area contributed by atoms with Crippen LogP contribution >= 0.6 is 15.9 Å². The average Bonchev–Trinajstić information content (AvgIpc) is 2.40. The van der Waals surface area contributed by atoms with Crippen LogP contribution in [0.3, 0.4) is 0 Å². The van der Waals surface area contributed by atoms with Crippen LogP contribution in [0, 0.1) is 6.92 Å². The highest BCUT2D eigenvalue weighted by Gasteiger charge is 2.17. The first-order valence-corrected chi connectivity index (χ1v) is 7.01. The van der Waals surface area contributed by atoms with Crippen molar-refractivity contribution >= 4 is 21.6 Å². The number of benzene rings is 1. The zero-order valence-electron chi connectivity index (χ0n) is 11.2. The Labute approximate surface area is 122 Å². The number of nitrogens with two attached hydrogens (primary N) is 1. The van der Waals surface area contributed by atoms with Gasteiger partial charge >= 0.3 is 0 Å². The molecule has 3 nitrogen and oxygen atoms in total. The lowest BCUT2D eigenvalue weighted by Crippen LogP contribution is -2.31. The molecule has 0 spiro atoms. The van der Waals surface area contributed by atoms with Crippen molar-refractivity contribution in [3.63, 3.8) is 0 Å². The zero-order valence-corrected chi connectivity index (χ0v) is 12.8. The summed E-state index contributed by atoms with van der Waals surface area (Å²) in [5.74, 6) is 0. The van der Waals surface area contributed by atoms with Crippen LogP contribution in [0.4, 0.5) is 5.69 Å². The van der Waals surface area contributed by atoms with Gasteiger partial charge in [-0.1, -0.05) is 18.2 Å². The lowest BCUT2D eigenvalue weighted by molar-refractivity contribution is 0.676. The maximum absolute atomic E-state index is 5.96. The molecule has 4 heteroatoms. The Bertz CT molecular complexity index is 557. The average molecular weight is 320 g/mol. The first kappa shape index (κ1) is 14.0. The highest BCUT2D eigenvalue weighted by atomic mass is 79.9. The topological polar surface area (TPSA) is 42.1 Å². The van der Waals surface area contributed by atoms with E-state index in [1.54, 1.807) is 6.20 Å². The normalized spacial score (nSPS) is 12.2. The summed E-state index contributed by atoms with van der Waals surface area (Å²) >= 11 is 3.46. The molecule has 1 heterocycles. The van der Waals surface area contributed by atoms with Crippen LogP contribution in [0.2, 0.25) is 0 Å². The fraction of sp³-hybridized carbons (Fsp3) is 0.267. The van der Waals surface area contributed by atoms with E-state index in [0.717, 1.165) is 10.0 Å². The van der Waals surface area contributed by atoms with Crippen molar-refractivity contribution in [3.8, 4) is 0 Å². The molecule has 0 aliphatic heterocycles. The molecule has 1 aromatic heterocycles. The Hall–Kier alpha value is -1.39. The SMILES string of the molecule is Cc1ccccc1N(C)C(CN)c1cncc(Br)c1. The summed E-state index contributed by atoms with van der Waals surface area (Å²) < 4.78 is 0.974. The number of nitrogens with zero attached hydrogens (tertiary/aromatic N) is 2. The number of hydrogen-bond donors (Lipinski definition) is 1. The van der Waals surface area contributed by atoms with Gasteiger partial charge in [-0.15, -0.1) is 0 Å². The number of aryl methyl sites for hydroxylation is 1. The largest absolute Gasteiger partial charge is 0.366 e. The van der Waals surface area contributed by atoms with Crippen molar-refractivity contribution in [2.75, 3.05) is 18.5 Å². The van der Waals surface area contributed by atoms with Gasteiger partial charge in [0.2, 0.25) is 0 Å². The Morgan fingerprint density at radius 3 is 2.68 bits per heavy atom. The molecule has 1 unspecified atom stereocenters. The first-order chi connectivity index (χ1) is 9.13. The van der Waals surface area contributed by atoms with Crippen LogP contribution in [0.15, 0.2) is 47.2 Å². The van der Waals surface area contributed by atoms with Crippen LogP contribution < -0.4 is 10.6 Å². The summed E-state index contributed by atoms with van der Waals surface area (Å²) in [5.41, 5.74) is 9.51. The number of halogens is 1. The second-order valence-corrected chi connectivity index (χ2v) is 5.50. The van der Waals surface area contributed by atoms with E-state index in [4.69, 9.17) is 5.73 Å². The van der Waals surface area contributed by atoms with Crippen molar-refractivity contribution in [1.82, 2.24) is 4.98 Å². The molecule has 2 aromatic rings. The van der Waals surface area contributed by atoms with Gasteiger partial charge in [0.05, 0.1) is 6.04 Å². The van der Waals surface area contributed by atoms with Crippen LogP contribution in [0.25, 0.3) is 0 Å². The third-order valence-electron chi connectivity index (χ3n) is 3.30. The number of pyridine rings is 1. The molecule has 2 rings (SSSR count). The second kappa shape index (κ2) is 6.17. The zero-order chi connectivity index (χ0) is 13.8. The summed E-state index contributed by atoms with van der Waals surface area (Å²) in [5, 5.41) is 0. The van der Waals surface area contributed by atoms with Gasteiger partial charge in [0, 0.05) is 36.1 Å². The van der Waals surface area contributed by atoms with E-state index < -0.39 is 0 Å². The molecule has 0 fully saturated rings. The highest BCUT2D eigenvalue weighted by Crippen LogP contribution is 2.28. The molecule has 0 aliphatic carbocycles. The third-order valence-corrected chi connectivity index (χ3v) is 3.73. The molecule has 19 heavy (non-hydrogen) atoms. The third kappa shape index (κ3) is 3.14. The molecule has 1 atom stereocenters. The lowest BCUT2D eigenvalue weighted by atomic mass is 10.1. The molecule has 0 bridgehead atoms. The van der Waals surface area contributed by atoms with E-state index in [-0.39, 0.29) is 6.04 Å². The standard InChI is InChI=1S/C15H18BrN3/c1-11-5-3-4-6-14(11)19(2)15(8-17)12-7-13(16)10-18-9-12/h3-7,9-10,15H,8,17H2,1-2H3. The predicted molar refractivity (Wildman–Crippen MR) is 83.3 cm³/mol. The van der Waals surface area contributed by atoms with Crippen molar-refractivity contribution in [1.29, 1.82) is 0 Å². The van der Waals surface area contributed by atoms with E-state index >= 15 is 0 Å². The second-order valence-electron chi connectivity index (χ2n) is 4.59. The number of rotatable bonds is 4. The fourth-order valence-electron chi connectivity index (χ4n) is 2.26. The summed E-state index contributed by atoms with van der Waals surface area (Å²) in [6.07, 6.45) is 3.65. The van der Waals surface area contributed by atoms with Crippen LogP contribution in [-0.2, 0) is 0 Å². The molecular formula is C15H18BrN3. The van der Waals surface area contributed by atoms with Crippen molar-refractivity contribution in [2.24, 2.45) is 5.73 Å². The summed E-state index contributed by atoms with van der Waals surface area (Å²) in [4.78, 5) is 6.43. The van der Waals surface area contributed by atoms with Gasteiger partial charge in [0.1, 0.15) is 0 Å². The van der Waals surface area contributed by atoms with Gasteiger partial charge in [-0.25, -0.2) is 0 Å². The maximum Gasteiger partial charge on any atom is 0.0677 e. The summed E-state index contributed by atoms with van der Waals surface area (Å²) in [7, 11) is 2.07. The Morgan fingerprint density at radius 1 is 1.32 bits per heavy atom. The van der Waals surface area contributed by atoms with Gasteiger partial charge in [-0.3, -0.25) is 4.98 Å². The molecular weight excluding hydrogens is 302 g/mol. The highest BCUT2D eigenvalue weighted by molar-refractivity contribution is 9.10. The minimum Gasteiger partial charge on any atom is -0.366 e. The number of likely N-dealkylation sites (N-methyl/N-ethyl adjacent to an activating group) is 1. The first-order valence-electron chi connectivity index (χ1n) is 6.22.